The first-order chi connectivity index (χ1) is 25.8. The Morgan fingerprint density at radius 3 is 1.81 bits per heavy atom. The van der Waals surface area contributed by atoms with Crippen molar-refractivity contribution >= 4 is 16.7 Å². The van der Waals surface area contributed by atoms with Gasteiger partial charge in [-0.25, -0.2) is 19.9 Å². The van der Waals surface area contributed by atoms with Crippen molar-refractivity contribution in [1.82, 2.24) is 19.9 Å². The van der Waals surface area contributed by atoms with E-state index in [2.05, 4.69) is 109 Å². The number of fused-ring (bicyclic) bond motifs is 3. The minimum Gasteiger partial charge on any atom is -0.436 e. The highest BCUT2D eigenvalue weighted by Gasteiger charge is 2.49. The molecule has 0 N–H and O–H groups in total. The Bertz CT molecular complexity index is 2590. The van der Waals surface area contributed by atoms with Crippen molar-refractivity contribution in [3.05, 3.63) is 210 Å². The zero-order chi connectivity index (χ0) is 34.5. The molecular formula is C47H32N4O. The molecule has 0 saturated carbocycles. The zero-order valence-corrected chi connectivity index (χ0v) is 28.2. The predicted octanol–water partition coefficient (Wildman–Crippen LogP) is 10.9. The Morgan fingerprint density at radius 2 is 1.13 bits per heavy atom. The van der Waals surface area contributed by atoms with Crippen molar-refractivity contribution in [2.75, 3.05) is 0 Å². The fourth-order valence-corrected chi connectivity index (χ4v) is 8.12. The quantitative estimate of drug-likeness (QED) is 0.176. The molecule has 0 bridgehead atoms. The number of nitrogens with zero attached hydrogens (tertiary/aromatic N) is 4. The normalized spacial score (nSPS) is 17.7. The van der Waals surface area contributed by atoms with Gasteiger partial charge in [-0.3, -0.25) is 0 Å². The van der Waals surface area contributed by atoms with Gasteiger partial charge in [0.25, 0.3) is 0 Å². The molecule has 5 nitrogen and oxygen atoms in total. The van der Waals surface area contributed by atoms with Gasteiger partial charge in [0.15, 0.2) is 17.2 Å². The first-order valence-electron chi connectivity index (χ1n) is 17.7. The van der Waals surface area contributed by atoms with E-state index in [1.807, 2.05) is 66.7 Å². The zero-order valence-electron chi connectivity index (χ0n) is 28.2. The van der Waals surface area contributed by atoms with Crippen molar-refractivity contribution in [1.29, 1.82) is 0 Å². The fraction of sp³-hybridized carbons (Fsp3) is 0.0638. The van der Waals surface area contributed by atoms with Crippen molar-refractivity contribution in [3.8, 4) is 34.2 Å². The molecule has 8 aromatic rings. The summed E-state index contributed by atoms with van der Waals surface area (Å²) >= 11 is 0. The maximum Gasteiger partial charge on any atom is 0.227 e. The molecule has 52 heavy (non-hydrogen) atoms. The van der Waals surface area contributed by atoms with Crippen molar-refractivity contribution in [3.63, 3.8) is 0 Å². The average Bonchev–Trinajstić information content (AvgIpc) is 3.80. The molecule has 2 aliphatic rings. The van der Waals surface area contributed by atoms with Crippen LogP contribution in [0.4, 0.5) is 0 Å². The molecule has 2 heterocycles. The molecule has 0 aliphatic heterocycles. The van der Waals surface area contributed by atoms with Crippen LogP contribution in [0, 0.1) is 0 Å². The summed E-state index contributed by atoms with van der Waals surface area (Å²) in [5, 5.41) is 0. The average molecular weight is 669 g/mol. The summed E-state index contributed by atoms with van der Waals surface area (Å²) < 4.78 is 6.30. The number of benzene rings is 6. The molecule has 10 rings (SSSR count). The number of oxazole rings is 1. The van der Waals surface area contributed by atoms with E-state index in [1.54, 1.807) is 0 Å². The van der Waals surface area contributed by atoms with E-state index < -0.39 is 5.41 Å². The summed E-state index contributed by atoms with van der Waals surface area (Å²) in [6.07, 6.45) is 5.40. The third kappa shape index (κ3) is 4.78. The van der Waals surface area contributed by atoms with E-state index in [0.29, 0.717) is 17.5 Å². The van der Waals surface area contributed by atoms with Crippen LogP contribution in [0.1, 0.15) is 40.4 Å². The number of hydrogen-bond acceptors (Lipinski definition) is 5. The molecule has 0 amide bonds. The Labute approximate surface area is 301 Å². The van der Waals surface area contributed by atoms with E-state index in [4.69, 9.17) is 24.4 Å². The minimum atomic E-state index is -0.611. The Kier molecular flexibility index (Phi) is 7.10. The van der Waals surface area contributed by atoms with Gasteiger partial charge in [-0.1, -0.05) is 152 Å². The van der Waals surface area contributed by atoms with Crippen molar-refractivity contribution < 1.29 is 4.42 Å². The summed E-state index contributed by atoms with van der Waals surface area (Å²) in [5.74, 6) is 2.63. The maximum absolute atomic E-state index is 6.30. The number of aromatic nitrogens is 4. The summed E-state index contributed by atoms with van der Waals surface area (Å²) in [6, 6.07) is 56.7. The number of rotatable bonds is 6. The summed E-state index contributed by atoms with van der Waals surface area (Å²) in [6.45, 7) is 0. The van der Waals surface area contributed by atoms with Crippen molar-refractivity contribution in [2.45, 2.75) is 17.8 Å². The van der Waals surface area contributed by atoms with Gasteiger partial charge in [0.1, 0.15) is 11.3 Å². The van der Waals surface area contributed by atoms with Gasteiger partial charge >= 0.3 is 0 Å². The van der Waals surface area contributed by atoms with Gasteiger partial charge in [-0.05, 0) is 64.1 Å². The van der Waals surface area contributed by atoms with Gasteiger partial charge < -0.3 is 4.42 Å². The van der Waals surface area contributed by atoms with Crippen LogP contribution in [0.25, 0.3) is 50.9 Å². The highest BCUT2D eigenvalue weighted by Crippen LogP contribution is 2.59. The predicted molar refractivity (Wildman–Crippen MR) is 206 cm³/mol. The third-order valence-electron chi connectivity index (χ3n) is 10.4. The third-order valence-corrected chi connectivity index (χ3v) is 10.4. The lowest BCUT2D eigenvalue weighted by Crippen LogP contribution is -2.30. The fourth-order valence-electron chi connectivity index (χ4n) is 8.12. The van der Waals surface area contributed by atoms with Crippen LogP contribution in [0.3, 0.4) is 0 Å². The lowest BCUT2D eigenvalue weighted by atomic mass is 9.66. The first-order valence-corrected chi connectivity index (χ1v) is 17.7. The van der Waals surface area contributed by atoms with Gasteiger partial charge in [-0.2, -0.15) is 0 Å². The highest BCUT2D eigenvalue weighted by molar-refractivity contribution is 5.92. The molecule has 0 saturated heterocycles. The molecule has 2 unspecified atom stereocenters. The monoisotopic (exact) mass is 668 g/mol. The Hall–Kier alpha value is -6.72. The SMILES string of the molecule is C1=CC2=C(c3ccccc3C2(c2ccccc2)c2ccc3oc(-c4ccccc4)nc3c2)C(c2nc(-c3ccccc3)nc(-c3ccccc3)n2)C1. The summed E-state index contributed by atoms with van der Waals surface area (Å²) in [5.41, 5.74) is 11.1. The van der Waals surface area contributed by atoms with Gasteiger partial charge in [0.2, 0.25) is 5.89 Å². The second-order valence-electron chi connectivity index (χ2n) is 13.3. The topological polar surface area (TPSA) is 64.7 Å². The Morgan fingerprint density at radius 1 is 0.538 bits per heavy atom. The molecule has 6 aromatic carbocycles. The van der Waals surface area contributed by atoms with E-state index in [1.165, 1.54) is 27.8 Å². The molecule has 2 aromatic heterocycles. The van der Waals surface area contributed by atoms with Crippen LogP contribution < -0.4 is 0 Å². The lowest BCUT2D eigenvalue weighted by Gasteiger charge is -2.35. The molecule has 2 atom stereocenters. The van der Waals surface area contributed by atoms with Crippen LogP contribution >= 0.6 is 0 Å². The second-order valence-corrected chi connectivity index (χ2v) is 13.3. The lowest BCUT2D eigenvalue weighted by molar-refractivity contribution is 0.619. The van der Waals surface area contributed by atoms with Gasteiger partial charge in [0, 0.05) is 22.6 Å². The Balaban J connectivity index is 1.22. The molecule has 0 fully saturated rings. The number of hydrogen-bond donors (Lipinski definition) is 0. The van der Waals surface area contributed by atoms with Crippen molar-refractivity contribution in [2.24, 2.45) is 0 Å². The minimum absolute atomic E-state index is 0.0971. The molecule has 2 aliphatic carbocycles. The van der Waals surface area contributed by atoms with Crippen LogP contribution in [0.15, 0.2) is 186 Å². The van der Waals surface area contributed by atoms with Gasteiger partial charge in [0.05, 0.1) is 5.41 Å². The molecule has 0 radical (unpaired) electrons. The van der Waals surface area contributed by atoms with Crippen LogP contribution in [-0.2, 0) is 5.41 Å². The van der Waals surface area contributed by atoms with Crippen LogP contribution in [-0.4, -0.2) is 19.9 Å². The van der Waals surface area contributed by atoms with Crippen LogP contribution in [0.5, 0.6) is 0 Å². The van der Waals surface area contributed by atoms with E-state index in [-0.39, 0.29) is 5.92 Å². The standard InChI is InChI=1S/C47H32N4O/c1-5-16-31(17-6-1)43-49-44(32-18-7-2-8-19-32)51-45(50-43)37-25-15-27-39-42(37)36-24-13-14-26-38(36)47(39,34-22-11-4-12-23-34)35-28-29-41-40(30-35)48-46(52-41)33-20-9-3-10-21-33/h1-24,26-30,37H,25H2. The second kappa shape index (κ2) is 12.3. The van der Waals surface area contributed by atoms with E-state index in [0.717, 1.165) is 45.6 Å². The maximum atomic E-state index is 6.30. The van der Waals surface area contributed by atoms with Gasteiger partial charge in [-0.15, -0.1) is 0 Å². The number of allylic oxidation sites excluding steroid dienone is 4. The first kappa shape index (κ1) is 30.1. The van der Waals surface area contributed by atoms with E-state index in [9.17, 15) is 0 Å². The molecule has 5 heteroatoms. The van der Waals surface area contributed by atoms with Crippen LogP contribution in [0.2, 0.25) is 0 Å². The largest absolute Gasteiger partial charge is 0.436 e. The summed E-state index contributed by atoms with van der Waals surface area (Å²) in [4.78, 5) is 20.5. The smallest absolute Gasteiger partial charge is 0.227 e. The molecule has 246 valence electrons. The van der Waals surface area contributed by atoms with E-state index >= 15 is 0 Å². The molecule has 0 spiro atoms. The summed E-state index contributed by atoms with van der Waals surface area (Å²) in [7, 11) is 0. The highest BCUT2D eigenvalue weighted by atomic mass is 16.3. The molecular weight excluding hydrogens is 637 g/mol.